The second-order valence-corrected chi connectivity index (χ2v) is 4.85. The van der Waals surface area contributed by atoms with Gasteiger partial charge in [0.25, 0.3) is 0 Å². The number of aromatic nitrogens is 1. The van der Waals surface area contributed by atoms with Crippen LogP contribution in [-0.2, 0) is 6.54 Å². The zero-order valence-electron chi connectivity index (χ0n) is 9.25. The van der Waals surface area contributed by atoms with Crippen LogP contribution in [-0.4, -0.2) is 22.2 Å². The highest BCUT2D eigenvalue weighted by Gasteiger charge is 2.30. The predicted octanol–water partition coefficient (Wildman–Crippen LogP) is 2.13. The van der Waals surface area contributed by atoms with Crippen LogP contribution in [0.15, 0.2) is 18.3 Å². The van der Waals surface area contributed by atoms with Gasteiger partial charge in [0.05, 0.1) is 5.60 Å². The highest BCUT2D eigenvalue weighted by atomic mass is 35.5. The maximum atomic E-state index is 10.1. The second-order valence-electron chi connectivity index (χ2n) is 4.49. The van der Waals surface area contributed by atoms with Crippen LogP contribution >= 0.6 is 11.6 Å². The molecule has 0 aromatic carbocycles. The van der Waals surface area contributed by atoms with Crippen LogP contribution in [0.25, 0.3) is 0 Å². The Morgan fingerprint density at radius 1 is 1.44 bits per heavy atom. The monoisotopic (exact) mass is 240 g/mol. The van der Waals surface area contributed by atoms with Crippen molar-refractivity contribution in [3.8, 4) is 0 Å². The van der Waals surface area contributed by atoms with Crippen molar-refractivity contribution in [2.45, 2.75) is 37.8 Å². The first-order chi connectivity index (χ1) is 7.70. The molecule has 0 atom stereocenters. The fourth-order valence-corrected chi connectivity index (χ4v) is 2.38. The van der Waals surface area contributed by atoms with Crippen molar-refractivity contribution in [3.63, 3.8) is 0 Å². The zero-order valence-corrected chi connectivity index (χ0v) is 10.0. The van der Waals surface area contributed by atoms with Gasteiger partial charge in [0, 0.05) is 24.8 Å². The number of hydrogen-bond acceptors (Lipinski definition) is 3. The average Bonchev–Trinajstić information content (AvgIpc) is 2.68. The fourth-order valence-electron chi connectivity index (χ4n) is 2.19. The van der Waals surface area contributed by atoms with E-state index in [2.05, 4.69) is 10.3 Å². The predicted molar refractivity (Wildman–Crippen MR) is 64.4 cm³/mol. The van der Waals surface area contributed by atoms with Gasteiger partial charge in [-0.25, -0.2) is 4.98 Å². The van der Waals surface area contributed by atoms with Crippen molar-refractivity contribution >= 4 is 11.6 Å². The normalized spacial score (nSPS) is 18.9. The Morgan fingerprint density at radius 2 is 2.19 bits per heavy atom. The van der Waals surface area contributed by atoms with E-state index < -0.39 is 5.60 Å². The number of aliphatic hydroxyl groups is 1. The molecule has 1 aromatic heterocycles. The molecule has 2 rings (SSSR count). The third-order valence-corrected chi connectivity index (χ3v) is 3.48. The lowest BCUT2D eigenvalue weighted by atomic mass is 10.0. The molecule has 1 saturated carbocycles. The molecule has 1 aliphatic carbocycles. The van der Waals surface area contributed by atoms with Crippen molar-refractivity contribution < 1.29 is 5.11 Å². The molecule has 1 heterocycles. The summed E-state index contributed by atoms with van der Waals surface area (Å²) in [5, 5.41) is 13.9. The molecule has 1 aromatic rings. The van der Waals surface area contributed by atoms with E-state index >= 15 is 0 Å². The first-order valence-corrected chi connectivity index (χ1v) is 6.10. The Balaban J connectivity index is 1.82. The Bertz CT molecular complexity index is 351. The van der Waals surface area contributed by atoms with E-state index in [0.29, 0.717) is 18.2 Å². The standard InChI is InChI=1S/C12H17ClN2O/c13-11-10(4-3-7-15-11)8-14-9-12(16)5-1-2-6-12/h3-4,7,14,16H,1-2,5-6,8-9H2. The highest BCUT2D eigenvalue weighted by Crippen LogP contribution is 2.28. The molecule has 0 amide bonds. The molecule has 0 spiro atoms. The van der Waals surface area contributed by atoms with Crippen LogP contribution in [0.3, 0.4) is 0 Å². The van der Waals surface area contributed by atoms with Crippen LogP contribution < -0.4 is 5.32 Å². The summed E-state index contributed by atoms with van der Waals surface area (Å²) in [6.45, 7) is 1.30. The van der Waals surface area contributed by atoms with E-state index in [1.807, 2.05) is 12.1 Å². The van der Waals surface area contributed by atoms with Gasteiger partial charge in [-0.05, 0) is 18.9 Å². The minimum Gasteiger partial charge on any atom is -0.389 e. The minimum absolute atomic E-state index is 0.505. The summed E-state index contributed by atoms with van der Waals surface area (Å²) < 4.78 is 0. The molecule has 16 heavy (non-hydrogen) atoms. The fraction of sp³-hybridized carbons (Fsp3) is 0.583. The molecular weight excluding hydrogens is 224 g/mol. The molecule has 1 fully saturated rings. The molecule has 0 aliphatic heterocycles. The summed E-state index contributed by atoms with van der Waals surface area (Å²) in [5.74, 6) is 0. The van der Waals surface area contributed by atoms with Crippen LogP contribution in [0.1, 0.15) is 31.2 Å². The topological polar surface area (TPSA) is 45.1 Å². The molecule has 3 nitrogen and oxygen atoms in total. The van der Waals surface area contributed by atoms with E-state index in [9.17, 15) is 5.11 Å². The molecule has 2 N–H and O–H groups in total. The Kier molecular flexibility index (Phi) is 3.79. The Morgan fingerprint density at radius 3 is 2.88 bits per heavy atom. The second kappa shape index (κ2) is 5.13. The summed E-state index contributed by atoms with van der Waals surface area (Å²) >= 11 is 5.94. The summed E-state index contributed by atoms with van der Waals surface area (Å²) in [4.78, 5) is 4.01. The number of pyridine rings is 1. The van der Waals surface area contributed by atoms with E-state index in [4.69, 9.17) is 11.6 Å². The van der Waals surface area contributed by atoms with Gasteiger partial charge in [0.2, 0.25) is 0 Å². The summed E-state index contributed by atoms with van der Waals surface area (Å²) in [5.41, 5.74) is 0.472. The van der Waals surface area contributed by atoms with Crippen LogP contribution in [0.2, 0.25) is 5.15 Å². The number of halogens is 1. The van der Waals surface area contributed by atoms with Crippen LogP contribution in [0.5, 0.6) is 0 Å². The number of hydrogen-bond donors (Lipinski definition) is 2. The van der Waals surface area contributed by atoms with E-state index in [-0.39, 0.29) is 0 Å². The molecule has 0 bridgehead atoms. The summed E-state index contributed by atoms with van der Waals surface area (Å²) in [6, 6.07) is 3.81. The Hall–Kier alpha value is -0.640. The number of rotatable bonds is 4. The molecule has 1 aliphatic rings. The molecule has 0 radical (unpaired) electrons. The third-order valence-electron chi connectivity index (χ3n) is 3.14. The smallest absolute Gasteiger partial charge is 0.133 e. The molecule has 0 unspecified atom stereocenters. The number of nitrogens with one attached hydrogen (secondary N) is 1. The van der Waals surface area contributed by atoms with Crippen molar-refractivity contribution in [1.82, 2.24) is 10.3 Å². The first kappa shape index (κ1) is 11.8. The van der Waals surface area contributed by atoms with Crippen molar-refractivity contribution in [1.29, 1.82) is 0 Å². The average molecular weight is 241 g/mol. The number of nitrogens with zero attached hydrogens (tertiary/aromatic N) is 1. The Labute approximate surface area is 101 Å². The largest absolute Gasteiger partial charge is 0.389 e. The molecule has 88 valence electrons. The summed E-state index contributed by atoms with van der Waals surface area (Å²) in [7, 11) is 0. The van der Waals surface area contributed by atoms with Crippen LogP contribution in [0, 0.1) is 0 Å². The minimum atomic E-state index is -0.505. The lowest BCUT2D eigenvalue weighted by Gasteiger charge is -2.22. The van der Waals surface area contributed by atoms with E-state index in [1.165, 1.54) is 0 Å². The van der Waals surface area contributed by atoms with Gasteiger partial charge in [-0.2, -0.15) is 0 Å². The van der Waals surface area contributed by atoms with Crippen molar-refractivity contribution in [2.75, 3.05) is 6.54 Å². The van der Waals surface area contributed by atoms with Crippen LogP contribution in [0.4, 0.5) is 0 Å². The molecule has 0 saturated heterocycles. The molecule has 4 heteroatoms. The van der Waals surface area contributed by atoms with Crippen molar-refractivity contribution in [3.05, 3.63) is 29.0 Å². The SMILES string of the molecule is OC1(CNCc2cccnc2Cl)CCCC1. The van der Waals surface area contributed by atoms with E-state index in [0.717, 1.165) is 31.2 Å². The van der Waals surface area contributed by atoms with Gasteiger partial charge < -0.3 is 10.4 Å². The third kappa shape index (κ3) is 2.94. The first-order valence-electron chi connectivity index (χ1n) is 5.72. The lowest BCUT2D eigenvalue weighted by Crippen LogP contribution is -2.37. The van der Waals surface area contributed by atoms with Gasteiger partial charge in [-0.1, -0.05) is 30.5 Å². The van der Waals surface area contributed by atoms with Gasteiger partial charge >= 0.3 is 0 Å². The van der Waals surface area contributed by atoms with Gasteiger partial charge in [-0.15, -0.1) is 0 Å². The zero-order chi connectivity index (χ0) is 11.4. The lowest BCUT2D eigenvalue weighted by molar-refractivity contribution is 0.0475. The van der Waals surface area contributed by atoms with Gasteiger partial charge in [0.15, 0.2) is 0 Å². The maximum Gasteiger partial charge on any atom is 0.133 e. The maximum absolute atomic E-state index is 10.1. The molecular formula is C12H17ClN2O. The highest BCUT2D eigenvalue weighted by molar-refractivity contribution is 6.30. The summed E-state index contributed by atoms with van der Waals surface area (Å²) in [6.07, 6.45) is 5.75. The van der Waals surface area contributed by atoms with Crippen molar-refractivity contribution in [2.24, 2.45) is 0 Å². The van der Waals surface area contributed by atoms with Gasteiger partial charge in [-0.3, -0.25) is 0 Å². The van der Waals surface area contributed by atoms with E-state index in [1.54, 1.807) is 6.20 Å². The van der Waals surface area contributed by atoms with Gasteiger partial charge in [0.1, 0.15) is 5.15 Å². The quantitative estimate of drug-likeness (QED) is 0.793.